The van der Waals surface area contributed by atoms with E-state index in [9.17, 15) is 9.18 Å². The van der Waals surface area contributed by atoms with Gasteiger partial charge in [-0.2, -0.15) is 11.8 Å². The van der Waals surface area contributed by atoms with Crippen molar-refractivity contribution in [2.75, 3.05) is 12.0 Å². The van der Waals surface area contributed by atoms with E-state index in [2.05, 4.69) is 5.32 Å². The van der Waals surface area contributed by atoms with Gasteiger partial charge in [-0.25, -0.2) is 4.39 Å². The third-order valence-electron chi connectivity index (χ3n) is 1.68. The maximum atomic E-state index is 12.5. The second kappa shape index (κ2) is 5.65. The molecule has 2 nitrogen and oxygen atoms in total. The SMILES string of the molecule is CSCC(=O)NCc1ccc(F)cc1. The van der Waals surface area contributed by atoms with Crippen molar-refractivity contribution in [3.8, 4) is 0 Å². The Morgan fingerprint density at radius 1 is 1.43 bits per heavy atom. The van der Waals surface area contributed by atoms with Gasteiger partial charge in [-0.1, -0.05) is 12.1 Å². The standard InChI is InChI=1S/C10H12FNOS/c1-14-7-10(13)12-6-8-2-4-9(11)5-3-8/h2-5H,6-7H2,1H3,(H,12,13). The molecule has 14 heavy (non-hydrogen) atoms. The van der Waals surface area contributed by atoms with E-state index >= 15 is 0 Å². The van der Waals surface area contributed by atoms with Crippen LogP contribution in [0.5, 0.6) is 0 Å². The van der Waals surface area contributed by atoms with Crippen LogP contribution in [0.1, 0.15) is 5.56 Å². The predicted octanol–water partition coefficient (Wildman–Crippen LogP) is 1.80. The van der Waals surface area contributed by atoms with Crippen LogP contribution in [0, 0.1) is 5.82 Å². The Morgan fingerprint density at radius 3 is 2.64 bits per heavy atom. The van der Waals surface area contributed by atoms with E-state index in [1.54, 1.807) is 12.1 Å². The molecule has 0 unspecified atom stereocenters. The van der Waals surface area contributed by atoms with Crippen molar-refractivity contribution in [1.29, 1.82) is 0 Å². The summed E-state index contributed by atoms with van der Waals surface area (Å²) in [4.78, 5) is 11.1. The van der Waals surface area contributed by atoms with Gasteiger partial charge in [0.25, 0.3) is 0 Å². The molecule has 1 rings (SSSR count). The van der Waals surface area contributed by atoms with E-state index < -0.39 is 0 Å². The molecule has 0 aliphatic carbocycles. The smallest absolute Gasteiger partial charge is 0.230 e. The lowest BCUT2D eigenvalue weighted by atomic mass is 10.2. The number of hydrogen-bond donors (Lipinski definition) is 1. The van der Waals surface area contributed by atoms with Crippen LogP contribution in [0.3, 0.4) is 0 Å². The first kappa shape index (κ1) is 11.0. The van der Waals surface area contributed by atoms with Gasteiger partial charge in [-0.15, -0.1) is 0 Å². The van der Waals surface area contributed by atoms with Gasteiger partial charge in [-0.3, -0.25) is 4.79 Å². The topological polar surface area (TPSA) is 29.1 Å². The van der Waals surface area contributed by atoms with Crippen LogP contribution in [0.15, 0.2) is 24.3 Å². The molecule has 0 saturated carbocycles. The van der Waals surface area contributed by atoms with Gasteiger partial charge in [0.15, 0.2) is 0 Å². The minimum Gasteiger partial charge on any atom is -0.351 e. The Bertz CT molecular complexity index is 299. The highest BCUT2D eigenvalue weighted by Crippen LogP contribution is 2.02. The number of benzene rings is 1. The largest absolute Gasteiger partial charge is 0.351 e. The molecule has 0 heterocycles. The second-order valence-corrected chi connectivity index (χ2v) is 3.70. The van der Waals surface area contributed by atoms with Crippen molar-refractivity contribution in [1.82, 2.24) is 5.32 Å². The lowest BCUT2D eigenvalue weighted by Gasteiger charge is -2.03. The lowest BCUT2D eigenvalue weighted by Crippen LogP contribution is -2.24. The maximum absolute atomic E-state index is 12.5. The molecule has 76 valence electrons. The van der Waals surface area contributed by atoms with Gasteiger partial charge in [0.1, 0.15) is 5.82 Å². The molecule has 0 aliphatic heterocycles. The zero-order chi connectivity index (χ0) is 10.4. The molecular formula is C10H12FNOS. The third kappa shape index (κ3) is 3.79. The molecule has 0 aliphatic rings. The first-order valence-corrected chi connectivity index (χ1v) is 5.62. The number of halogens is 1. The summed E-state index contributed by atoms with van der Waals surface area (Å²) in [6.07, 6.45) is 1.87. The molecule has 0 atom stereocenters. The van der Waals surface area contributed by atoms with E-state index in [1.165, 1.54) is 23.9 Å². The number of rotatable bonds is 4. The third-order valence-corrected chi connectivity index (χ3v) is 2.23. The summed E-state index contributed by atoms with van der Waals surface area (Å²) in [5.41, 5.74) is 0.904. The highest BCUT2D eigenvalue weighted by molar-refractivity contribution is 7.99. The van der Waals surface area contributed by atoms with Gasteiger partial charge in [0.2, 0.25) is 5.91 Å². The van der Waals surface area contributed by atoms with Crippen molar-refractivity contribution in [3.05, 3.63) is 35.6 Å². The molecule has 4 heteroatoms. The van der Waals surface area contributed by atoms with E-state index in [4.69, 9.17) is 0 Å². The summed E-state index contributed by atoms with van der Waals surface area (Å²) in [5.74, 6) is 0.201. The summed E-state index contributed by atoms with van der Waals surface area (Å²) in [5, 5.41) is 2.74. The van der Waals surface area contributed by atoms with Gasteiger partial charge in [-0.05, 0) is 24.0 Å². The number of thioether (sulfide) groups is 1. The molecule has 1 amide bonds. The van der Waals surface area contributed by atoms with Crippen molar-refractivity contribution < 1.29 is 9.18 Å². The fraction of sp³-hybridized carbons (Fsp3) is 0.300. The molecular weight excluding hydrogens is 201 g/mol. The summed E-state index contributed by atoms with van der Waals surface area (Å²) in [6.45, 7) is 0.458. The summed E-state index contributed by atoms with van der Waals surface area (Å²) in [7, 11) is 0. The monoisotopic (exact) mass is 213 g/mol. The normalized spacial score (nSPS) is 9.86. The molecule has 0 bridgehead atoms. The fourth-order valence-electron chi connectivity index (χ4n) is 0.985. The first-order valence-electron chi connectivity index (χ1n) is 4.22. The number of amides is 1. The van der Waals surface area contributed by atoms with Crippen LogP contribution in [-0.2, 0) is 11.3 Å². The fourth-order valence-corrected chi connectivity index (χ4v) is 1.35. The van der Waals surface area contributed by atoms with E-state index in [0.29, 0.717) is 12.3 Å². The Kier molecular flexibility index (Phi) is 4.46. The van der Waals surface area contributed by atoms with Gasteiger partial charge in [0.05, 0.1) is 5.75 Å². The first-order chi connectivity index (χ1) is 6.72. The highest BCUT2D eigenvalue weighted by atomic mass is 32.2. The minimum atomic E-state index is -0.260. The van der Waals surface area contributed by atoms with Crippen LogP contribution in [0.4, 0.5) is 4.39 Å². The van der Waals surface area contributed by atoms with Crippen molar-refractivity contribution in [2.24, 2.45) is 0 Å². The van der Waals surface area contributed by atoms with Crippen molar-refractivity contribution in [3.63, 3.8) is 0 Å². The summed E-state index contributed by atoms with van der Waals surface area (Å²) >= 11 is 1.48. The molecule has 1 aromatic carbocycles. The van der Waals surface area contributed by atoms with Crippen LogP contribution in [0.25, 0.3) is 0 Å². The molecule has 0 spiro atoms. The Hall–Kier alpha value is -1.03. The minimum absolute atomic E-state index is 0.00169. The molecule has 1 aromatic rings. The second-order valence-electron chi connectivity index (χ2n) is 2.84. The number of nitrogens with one attached hydrogen (secondary N) is 1. The van der Waals surface area contributed by atoms with Crippen LogP contribution in [0.2, 0.25) is 0 Å². The zero-order valence-corrected chi connectivity index (χ0v) is 8.73. The number of hydrogen-bond acceptors (Lipinski definition) is 2. The Morgan fingerprint density at radius 2 is 2.07 bits per heavy atom. The van der Waals surface area contributed by atoms with Gasteiger partial charge in [0, 0.05) is 6.54 Å². The molecule has 0 aromatic heterocycles. The molecule has 0 fully saturated rings. The molecule has 1 N–H and O–H groups in total. The van der Waals surface area contributed by atoms with Crippen molar-refractivity contribution >= 4 is 17.7 Å². The lowest BCUT2D eigenvalue weighted by molar-refractivity contribution is -0.118. The Balaban J connectivity index is 2.38. The summed E-state index contributed by atoms with van der Waals surface area (Å²) in [6, 6.07) is 6.09. The van der Waals surface area contributed by atoms with Crippen molar-refractivity contribution in [2.45, 2.75) is 6.54 Å². The molecule has 0 radical (unpaired) electrons. The van der Waals surface area contributed by atoms with Crippen LogP contribution >= 0.6 is 11.8 Å². The maximum Gasteiger partial charge on any atom is 0.230 e. The molecule has 0 saturated heterocycles. The average Bonchev–Trinajstić information content (AvgIpc) is 2.17. The van der Waals surface area contributed by atoms with E-state index in [1.807, 2.05) is 6.26 Å². The predicted molar refractivity (Wildman–Crippen MR) is 56.6 cm³/mol. The summed E-state index contributed by atoms with van der Waals surface area (Å²) < 4.78 is 12.5. The number of carbonyl (C=O) groups excluding carboxylic acids is 1. The van der Waals surface area contributed by atoms with Crippen LogP contribution < -0.4 is 5.32 Å². The van der Waals surface area contributed by atoms with Gasteiger partial charge < -0.3 is 5.32 Å². The van der Waals surface area contributed by atoms with Gasteiger partial charge >= 0.3 is 0 Å². The highest BCUT2D eigenvalue weighted by Gasteiger charge is 1.99. The van der Waals surface area contributed by atoms with E-state index in [-0.39, 0.29) is 11.7 Å². The quantitative estimate of drug-likeness (QED) is 0.826. The zero-order valence-electron chi connectivity index (χ0n) is 7.92. The Labute approximate surface area is 86.9 Å². The van der Waals surface area contributed by atoms with Crippen LogP contribution in [-0.4, -0.2) is 17.9 Å². The van der Waals surface area contributed by atoms with E-state index in [0.717, 1.165) is 5.56 Å². The number of carbonyl (C=O) groups is 1. The average molecular weight is 213 g/mol.